The second kappa shape index (κ2) is 10.7. The number of ether oxygens (including phenoxy) is 1. The number of nitrogens with one attached hydrogen (secondary N) is 1. The van der Waals surface area contributed by atoms with Crippen LogP contribution in [0.2, 0.25) is 0 Å². The first kappa shape index (κ1) is 24.5. The van der Waals surface area contributed by atoms with Crippen molar-refractivity contribution in [2.75, 3.05) is 20.2 Å². The van der Waals surface area contributed by atoms with Gasteiger partial charge < -0.3 is 15.2 Å². The molecule has 34 heavy (non-hydrogen) atoms. The van der Waals surface area contributed by atoms with Gasteiger partial charge in [0.25, 0.3) is 0 Å². The SMILES string of the molecule is COc1ccc2ncc(F)c(CCCC(O)(CCc3cc(F)cc(F)c3)C3CCNCC3)c2c1. The third-order valence-corrected chi connectivity index (χ3v) is 7.04. The lowest BCUT2D eigenvalue weighted by atomic mass is 9.74. The minimum absolute atomic E-state index is 0.0753. The van der Waals surface area contributed by atoms with Crippen molar-refractivity contribution in [3.8, 4) is 5.75 Å². The van der Waals surface area contributed by atoms with E-state index in [1.54, 1.807) is 25.3 Å². The number of nitrogens with zero attached hydrogens (tertiary/aromatic N) is 1. The minimum atomic E-state index is -0.998. The predicted molar refractivity (Wildman–Crippen MR) is 126 cm³/mol. The van der Waals surface area contributed by atoms with Crippen LogP contribution in [0.5, 0.6) is 5.75 Å². The van der Waals surface area contributed by atoms with Crippen molar-refractivity contribution in [2.24, 2.45) is 5.92 Å². The van der Waals surface area contributed by atoms with Crippen molar-refractivity contribution in [3.63, 3.8) is 0 Å². The number of hydrogen-bond acceptors (Lipinski definition) is 4. The molecule has 1 fully saturated rings. The summed E-state index contributed by atoms with van der Waals surface area (Å²) in [6.07, 6.45) is 5.16. The molecule has 4 rings (SSSR count). The molecule has 1 unspecified atom stereocenters. The van der Waals surface area contributed by atoms with Gasteiger partial charge in [-0.15, -0.1) is 0 Å². The zero-order chi connectivity index (χ0) is 24.1. The van der Waals surface area contributed by atoms with Crippen LogP contribution in [0.25, 0.3) is 10.9 Å². The van der Waals surface area contributed by atoms with E-state index in [1.807, 2.05) is 0 Å². The summed E-state index contributed by atoms with van der Waals surface area (Å²) in [4.78, 5) is 4.18. The number of methoxy groups -OCH3 is 1. The first-order valence-corrected chi connectivity index (χ1v) is 11.9. The van der Waals surface area contributed by atoms with Gasteiger partial charge in [-0.1, -0.05) is 0 Å². The highest BCUT2D eigenvalue weighted by molar-refractivity contribution is 5.83. The van der Waals surface area contributed by atoms with Crippen LogP contribution in [0.3, 0.4) is 0 Å². The molecule has 1 aliphatic heterocycles. The Hall–Kier alpha value is -2.64. The van der Waals surface area contributed by atoms with E-state index in [4.69, 9.17) is 4.74 Å². The zero-order valence-corrected chi connectivity index (χ0v) is 19.4. The van der Waals surface area contributed by atoms with Crippen molar-refractivity contribution in [2.45, 2.75) is 50.5 Å². The highest BCUT2D eigenvalue weighted by atomic mass is 19.1. The predicted octanol–water partition coefficient (Wildman–Crippen LogP) is 5.35. The molecule has 2 aromatic carbocycles. The number of aromatic nitrogens is 1. The standard InChI is InChI=1S/C27H31F3N2O2/c1-34-22-4-5-26-24(16-22)23(25(30)17-32-26)3-2-9-27(33,19-7-11-31-12-8-19)10-6-18-13-20(28)15-21(29)14-18/h4-5,13-17,19,31,33H,2-3,6-12H2,1H3. The normalized spacial score (nSPS) is 16.5. The van der Waals surface area contributed by atoms with Crippen LogP contribution in [0.15, 0.2) is 42.6 Å². The molecule has 2 heterocycles. The van der Waals surface area contributed by atoms with Crippen LogP contribution < -0.4 is 10.1 Å². The van der Waals surface area contributed by atoms with Gasteiger partial charge in [0.2, 0.25) is 0 Å². The number of rotatable bonds is 9. The maximum Gasteiger partial charge on any atom is 0.145 e. The highest BCUT2D eigenvalue weighted by Crippen LogP contribution is 2.35. The quantitative estimate of drug-likeness (QED) is 0.441. The summed E-state index contributed by atoms with van der Waals surface area (Å²) in [5, 5.41) is 15.8. The number of aliphatic hydroxyl groups is 1. The molecule has 0 bridgehead atoms. The molecule has 0 amide bonds. The van der Waals surface area contributed by atoms with Gasteiger partial charge in [0.15, 0.2) is 0 Å². The lowest BCUT2D eigenvalue weighted by molar-refractivity contribution is -0.0457. The Balaban J connectivity index is 1.51. The van der Waals surface area contributed by atoms with E-state index >= 15 is 0 Å². The number of piperidine rings is 1. The lowest BCUT2D eigenvalue weighted by Crippen LogP contribution is -2.44. The fourth-order valence-corrected chi connectivity index (χ4v) is 5.16. The molecule has 1 saturated heterocycles. The van der Waals surface area contributed by atoms with E-state index in [9.17, 15) is 18.3 Å². The van der Waals surface area contributed by atoms with Crippen LogP contribution in [-0.4, -0.2) is 35.9 Å². The van der Waals surface area contributed by atoms with Crippen molar-refractivity contribution >= 4 is 10.9 Å². The van der Waals surface area contributed by atoms with Gasteiger partial charge in [-0.25, -0.2) is 13.2 Å². The first-order chi connectivity index (χ1) is 16.4. The van der Waals surface area contributed by atoms with E-state index in [1.165, 1.54) is 18.3 Å². The number of aryl methyl sites for hydroxylation is 2. The summed E-state index contributed by atoms with van der Waals surface area (Å²) in [6.45, 7) is 1.65. The Kier molecular flexibility index (Phi) is 7.73. The molecule has 4 nitrogen and oxygen atoms in total. The van der Waals surface area contributed by atoms with Crippen LogP contribution in [0, 0.1) is 23.4 Å². The number of pyridine rings is 1. The Morgan fingerprint density at radius 3 is 2.47 bits per heavy atom. The molecule has 3 aromatic rings. The number of fused-ring (bicyclic) bond motifs is 1. The van der Waals surface area contributed by atoms with Crippen molar-refractivity contribution in [1.82, 2.24) is 10.3 Å². The first-order valence-electron chi connectivity index (χ1n) is 11.9. The number of hydrogen-bond donors (Lipinski definition) is 2. The average molecular weight is 473 g/mol. The molecule has 1 aromatic heterocycles. The molecular weight excluding hydrogens is 441 g/mol. The van der Waals surface area contributed by atoms with Gasteiger partial charge in [0, 0.05) is 11.5 Å². The van der Waals surface area contributed by atoms with Crippen molar-refractivity contribution in [1.29, 1.82) is 0 Å². The van der Waals surface area contributed by atoms with E-state index < -0.39 is 17.2 Å². The van der Waals surface area contributed by atoms with Gasteiger partial charge in [0.1, 0.15) is 23.2 Å². The average Bonchev–Trinajstić information content (AvgIpc) is 2.84. The third-order valence-electron chi connectivity index (χ3n) is 7.04. The Morgan fingerprint density at radius 2 is 1.76 bits per heavy atom. The molecule has 182 valence electrons. The molecule has 0 spiro atoms. The summed E-state index contributed by atoms with van der Waals surface area (Å²) in [7, 11) is 1.57. The fourth-order valence-electron chi connectivity index (χ4n) is 5.16. The van der Waals surface area contributed by atoms with Gasteiger partial charge in [-0.3, -0.25) is 4.98 Å². The van der Waals surface area contributed by atoms with Gasteiger partial charge >= 0.3 is 0 Å². The largest absolute Gasteiger partial charge is 0.497 e. The minimum Gasteiger partial charge on any atom is -0.497 e. The molecule has 1 atom stereocenters. The van der Waals surface area contributed by atoms with Crippen LogP contribution >= 0.6 is 0 Å². The van der Waals surface area contributed by atoms with Crippen molar-refractivity contribution < 1.29 is 23.0 Å². The second-order valence-corrected chi connectivity index (χ2v) is 9.23. The summed E-state index contributed by atoms with van der Waals surface area (Å²) < 4.78 is 47.3. The van der Waals surface area contributed by atoms with Crippen LogP contribution in [-0.2, 0) is 12.8 Å². The van der Waals surface area contributed by atoms with Gasteiger partial charge in [-0.05, 0) is 105 Å². The Morgan fingerprint density at radius 1 is 1.03 bits per heavy atom. The lowest BCUT2D eigenvalue weighted by Gasteiger charge is -2.39. The van der Waals surface area contributed by atoms with Gasteiger partial charge in [-0.2, -0.15) is 0 Å². The molecule has 1 aliphatic rings. The Labute approximate surface area is 198 Å². The zero-order valence-electron chi connectivity index (χ0n) is 19.4. The number of benzene rings is 2. The summed E-state index contributed by atoms with van der Waals surface area (Å²) in [5.74, 6) is -0.894. The topological polar surface area (TPSA) is 54.4 Å². The Bertz CT molecular complexity index is 1110. The van der Waals surface area contributed by atoms with Gasteiger partial charge in [0.05, 0.1) is 24.4 Å². The molecule has 0 radical (unpaired) electrons. The van der Waals surface area contributed by atoms with E-state index in [0.717, 1.165) is 32.0 Å². The number of halogens is 3. The highest BCUT2D eigenvalue weighted by Gasteiger charge is 2.36. The van der Waals surface area contributed by atoms with E-state index in [2.05, 4.69) is 10.3 Å². The third kappa shape index (κ3) is 5.70. The maximum absolute atomic E-state index is 14.7. The summed E-state index contributed by atoms with van der Waals surface area (Å²) in [6, 6.07) is 8.88. The molecule has 2 N–H and O–H groups in total. The fraction of sp³-hybridized carbons (Fsp3) is 0.444. The van der Waals surface area contributed by atoms with Crippen molar-refractivity contribution in [3.05, 3.63) is 71.2 Å². The molecule has 0 aliphatic carbocycles. The van der Waals surface area contributed by atoms with Crippen LogP contribution in [0.4, 0.5) is 13.2 Å². The maximum atomic E-state index is 14.7. The molecule has 7 heteroatoms. The van der Waals surface area contributed by atoms with E-state index in [-0.39, 0.29) is 11.7 Å². The molecule has 0 saturated carbocycles. The van der Waals surface area contributed by atoms with E-state index in [0.29, 0.717) is 59.9 Å². The second-order valence-electron chi connectivity index (χ2n) is 9.23. The summed E-state index contributed by atoms with van der Waals surface area (Å²) in [5.41, 5.74) is 0.785. The molecular formula is C27H31F3N2O2. The smallest absolute Gasteiger partial charge is 0.145 e. The monoisotopic (exact) mass is 472 g/mol. The van der Waals surface area contributed by atoms with Crippen LogP contribution in [0.1, 0.15) is 43.2 Å². The summed E-state index contributed by atoms with van der Waals surface area (Å²) >= 11 is 0.